The van der Waals surface area contributed by atoms with Crippen LogP contribution in [-0.2, 0) is 0 Å². The quantitative estimate of drug-likeness (QED) is 0.452. The minimum Gasteiger partial charge on any atom is -0.403 e. The highest BCUT2D eigenvalue weighted by atomic mass is 35.5. The number of hydrogen-bond acceptors (Lipinski definition) is 7. The molecule has 2 saturated heterocycles. The number of nitrogen functional groups attached to an aromatic ring is 1. The summed E-state index contributed by atoms with van der Waals surface area (Å²) >= 11 is 6.61. The summed E-state index contributed by atoms with van der Waals surface area (Å²) in [4.78, 5) is 24.0. The Bertz CT molecular complexity index is 1120. The van der Waals surface area contributed by atoms with E-state index in [0.717, 1.165) is 31.5 Å². The fourth-order valence-corrected chi connectivity index (χ4v) is 5.48. The number of likely N-dealkylation sites (tertiary alicyclic amines) is 1. The predicted octanol–water partition coefficient (Wildman–Crippen LogP) is 3.46. The normalized spacial score (nSPS) is 19.4. The van der Waals surface area contributed by atoms with E-state index in [2.05, 4.69) is 26.7 Å². The minimum absolute atomic E-state index is 0.0321. The molecule has 10 heteroatoms. The molecule has 1 amide bonds. The van der Waals surface area contributed by atoms with Crippen molar-refractivity contribution in [1.82, 2.24) is 20.1 Å². The van der Waals surface area contributed by atoms with Crippen molar-refractivity contribution in [2.45, 2.75) is 31.3 Å². The van der Waals surface area contributed by atoms with Crippen molar-refractivity contribution in [2.75, 3.05) is 50.0 Å². The maximum Gasteiger partial charge on any atom is 0.253 e. The van der Waals surface area contributed by atoms with Gasteiger partial charge < -0.3 is 26.6 Å². The highest BCUT2D eigenvalue weighted by molar-refractivity contribution is 6.33. The maximum absolute atomic E-state index is 13.6. The first-order valence-electron chi connectivity index (χ1n) is 12.6. The van der Waals surface area contributed by atoms with Crippen molar-refractivity contribution >= 4 is 34.7 Å². The molecule has 0 aliphatic carbocycles. The van der Waals surface area contributed by atoms with Gasteiger partial charge in [0.25, 0.3) is 5.91 Å². The first-order chi connectivity index (χ1) is 17.9. The van der Waals surface area contributed by atoms with Crippen LogP contribution in [0.4, 0.5) is 15.9 Å². The number of rotatable bonds is 8. The molecule has 0 bridgehead atoms. The van der Waals surface area contributed by atoms with Gasteiger partial charge in [0.15, 0.2) is 0 Å². The van der Waals surface area contributed by atoms with Crippen molar-refractivity contribution in [3.8, 4) is 0 Å². The number of carbonyl (C=O) groups excluding carboxylic acids is 1. The Balaban J connectivity index is 1.38. The molecular formula is C27H35ClFN7O. The predicted molar refractivity (Wildman–Crippen MR) is 148 cm³/mol. The summed E-state index contributed by atoms with van der Waals surface area (Å²) in [7, 11) is 0. The number of piperazine rings is 1. The molecule has 0 saturated carbocycles. The van der Waals surface area contributed by atoms with E-state index in [1.54, 1.807) is 36.7 Å². The fraction of sp³-hybridized carbons (Fsp3) is 0.407. The summed E-state index contributed by atoms with van der Waals surface area (Å²) in [6.45, 7) is 7.13. The molecule has 2 aliphatic heterocycles. The summed E-state index contributed by atoms with van der Waals surface area (Å²) in [5.74, 6) is 0.727. The second kappa shape index (κ2) is 12.3. The van der Waals surface area contributed by atoms with Gasteiger partial charge in [-0.15, -0.1) is 0 Å². The molecule has 2 aliphatic rings. The number of benzene rings is 1. The van der Waals surface area contributed by atoms with Gasteiger partial charge in [-0.3, -0.25) is 14.1 Å². The van der Waals surface area contributed by atoms with Crippen LogP contribution in [-0.4, -0.2) is 72.2 Å². The number of pyridine rings is 1. The van der Waals surface area contributed by atoms with Gasteiger partial charge in [0, 0.05) is 85.9 Å². The Kier molecular flexibility index (Phi) is 8.89. The zero-order valence-corrected chi connectivity index (χ0v) is 21.7. The molecule has 198 valence electrons. The van der Waals surface area contributed by atoms with Crippen LogP contribution in [0, 0.1) is 0 Å². The Morgan fingerprint density at radius 1 is 1.19 bits per heavy atom. The minimum atomic E-state index is -0.385. The van der Waals surface area contributed by atoms with E-state index >= 15 is 0 Å². The molecule has 1 aromatic heterocycles. The van der Waals surface area contributed by atoms with E-state index in [1.165, 1.54) is 6.20 Å². The lowest BCUT2D eigenvalue weighted by Gasteiger charge is -2.47. The monoisotopic (exact) mass is 527 g/mol. The van der Waals surface area contributed by atoms with Crippen LogP contribution in [0.1, 0.15) is 35.2 Å². The molecule has 1 aromatic carbocycles. The zero-order valence-electron chi connectivity index (χ0n) is 21.0. The van der Waals surface area contributed by atoms with E-state index in [9.17, 15) is 9.18 Å². The van der Waals surface area contributed by atoms with Gasteiger partial charge in [-0.05, 0) is 49.6 Å². The molecule has 3 heterocycles. The average molecular weight is 528 g/mol. The van der Waals surface area contributed by atoms with Crippen molar-refractivity contribution in [3.05, 3.63) is 71.7 Å². The Morgan fingerprint density at radius 3 is 2.57 bits per heavy atom. The van der Waals surface area contributed by atoms with Crippen molar-refractivity contribution < 1.29 is 9.18 Å². The fourth-order valence-electron chi connectivity index (χ4n) is 5.19. The van der Waals surface area contributed by atoms with E-state index in [0.29, 0.717) is 59.9 Å². The largest absolute Gasteiger partial charge is 0.403 e. The Morgan fingerprint density at radius 2 is 1.92 bits per heavy atom. The summed E-state index contributed by atoms with van der Waals surface area (Å²) in [6.07, 6.45) is 6.88. The Labute approximate surface area is 222 Å². The van der Waals surface area contributed by atoms with Gasteiger partial charge in [0.2, 0.25) is 0 Å². The second-order valence-electron chi connectivity index (χ2n) is 9.47. The molecule has 2 aromatic rings. The summed E-state index contributed by atoms with van der Waals surface area (Å²) in [6, 6.07) is 9.24. The van der Waals surface area contributed by atoms with E-state index < -0.39 is 0 Å². The molecule has 8 nitrogen and oxygen atoms in total. The molecule has 2 fully saturated rings. The smallest absolute Gasteiger partial charge is 0.253 e. The standard InChI is InChI=1S/C27H35ClFN7O/c1-19(32-11-10-30)21-16-25(28)26(33-17-21)35-14-15-36(24(18-35)6-9-29)23-7-12-34(13-8-23)27(37)20-2-4-22(31)5-3-20/h2-5,10-11,16-17,23-24,32H,1,6-9,12-15,18,30-31H2/b11-10-/t24-/m0/s1. The first kappa shape index (κ1) is 26.8. The second-order valence-corrected chi connectivity index (χ2v) is 9.88. The highest BCUT2D eigenvalue weighted by Gasteiger charge is 2.35. The molecule has 37 heavy (non-hydrogen) atoms. The average Bonchev–Trinajstić information content (AvgIpc) is 2.92. The van der Waals surface area contributed by atoms with Gasteiger partial charge in [0.1, 0.15) is 5.82 Å². The van der Waals surface area contributed by atoms with Gasteiger partial charge in [0.05, 0.1) is 11.7 Å². The van der Waals surface area contributed by atoms with Crippen molar-refractivity contribution in [3.63, 3.8) is 0 Å². The molecule has 1 atom stereocenters. The Hall–Kier alpha value is -3.30. The first-order valence-corrected chi connectivity index (χ1v) is 13.0. The molecule has 0 spiro atoms. The molecular weight excluding hydrogens is 493 g/mol. The summed E-state index contributed by atoms with van der Waals surface area (Å²) in [5, 5.41) is 3.50. The lowest BCUT2D eigenvalue weighted by Crippen LogP contribution is -2.59. The number of halogens is 2. The van der Waals surface area contributed by atoms with Crippen LogP contribution in [0.5, 0.6) is 0 Å². The van der Waals surface area contributed by atoms with Gasteiger partial charge >= 0.3 is 0 Å². The van der Waals surface area contributed by atoms with Crippen molar-refractivity contribution in [1.29, 1.82) is 0 Å². The third-order valence-corrected chi connectivity index (χ3v) is 7.45. The number of nitrogens with two attached hydrogens (primary N) is 2. The highest BCUT2D eigenvalue weighted by Crippen LogP contribution is 2.30. The number of piperidine rings is 1. The topological polar surface area (TPSA) is 104 Å². The molecule has 4 rings (SSSR count). The lowest BCUT2D eigenvalue weighted by molar-refractivity contribution is 0.0470. The number of amides is 1. The number of alkyl halides is 1. The summed E-state index contributed by atoms with van der Waals surface area (Å²) in [5.41, 5.74) is 13.8. The third-order valence-electron chi connectivity index (χ3n) is 7.17. The van der Waals surface area contributed by atoms with Crippen LogP contribution < -0.4 is 21.7 Å². The van der Waals surface area contributed by atoms with Gasteiger partial charge in [-0.1, -0.05) is 18.2 Å². The SMILES string of the molecule is C=C(N/C=C\N)c1cnc(N2CCN(C3CCN(C(=O)c4ccc(N)cc4)CC3)[C@@H](CCF)C2)c(Cl)c1. The molecule has 0 radical (unpaired) electrons. The zero-order chi connectivity index (χ0) is 26.4. The van der Waals surface area contributed by atoms with Gasteiger partial charge in [-0.25, -0.2) is 4.98 Å². The van der Waals surface area contributed by atoms with Crippen molar-refractivity contribution in [2.24, 2.45) is 5.73 Å². The number of hydrogen-bond donors (Lipinski definition) is 3. The van der Waals surface area contributed by atoms with E-state index in [-0.39, 0.29) is 18.6 Å². The van der Waals surface area contributed by atoms with Crippen LogP contribution in [0.25, 0.3) is 5.70 Å². The van der Waals surface area contributed by atoms with Crippen LogP contribution in [0.3, 0.4) is 0 Å². The number of aromatic nitrogens is 1. The summed E-state index contributed by atoms with van der Waals surface area (Å²) < 4.78 is 13.6. The van der Waals surface area contributed by atoms with Gasteiger partial charge in [-0.2, -0.15) is 0 Å². The van der Waals surface area contributed by atoms with Crippen LogP contribution >= 0.6 is 11.6 Å². The van der Waals surface area contributed by atoms with Crippen LogP contribution in [0.15, 0.2) is 55.5 Å². The number of nitrogens with zero attached hydrogens (tertiary/aromatic N) is 4. The number of carbonyl (C=O) groups is 1. The molecule has 5 N–H and O–H groups in total. The number of anilines is 2. The molecule has 0 unspecified atom stereocenters. The lowest BCUT2D eigenvalue weighted by atomic mass is 9.97. The number of nitrogens with one attached hydrogen (secondary N) is 1. The van der Waals surface area contributed by atoms with Crippen LogP contribution in [0.2, 0.25) is 5.02 Å². The van der Waals surface area contributed by atoms with E-state index in [1.807, 2.05) is 11.0 Å². The third kappa shape index (κ3) is 6.34. The van der Waals surface area contributed by atoms with E-state index in [4.69, 9.17) is 23.1 Å². The maximum atomic E-state index is 13.6.